The number of carbonyl (C=O) groups is 1. The number of hydrogen-bond acceptors (Lipinski definition) is 6. The Morgan fingerprint density at radius 2 is 1.64 bits per heavy atom. The third-order valence-corrected chi connectivity index (χ3v) is 8.35. The van der Waals surface area contributed by atoms with Crippen molar-refractivity contribution in [1.82, 2.24) is 20.1 Å². The molecular formula is C31H37ClF3N5O2. The number of benzene rings is 2. The Morgan fingerprint density at radius 3 is 2.24 bits per heavy atom. The molecule has 1 amide bonds. The van der Waals surface area contributed by atoms with Crippen LogP contribution >= 0.6 is 11.6 Å². The van der Waals surface area contributed by atoms with E-state index in [4.69, 9.17) is 16.3 Å². The summed E-state index contributed by atoms with van der Waals surface area (Å²) in [6, 6.07) is 15.2. The summed E-state index contributed by atoms with van der Waals surface area (Å²) in [6.45, 7) is 6.67. The Hall–Kier alpha value is -3.34. The van der Waals surface area contributed by atoms with Crippen molar-refractivity contribution in [3.63, 3.8) is 0 Å². The Bertz CT molecular complexity index is 1350. The van der Waals surface area contributed by atoms with Crippen LogP contribution in [0.1, 0.15) is 41.3 Å². The largest absolute Gasteiger partial charge is 0.497 e. The molecule has 0 spiro atoms. The minimum Gasteiger partial charge on any atom is -0.497 e. The molecule has 1 aromatic heterocycles. The van der Waals surface area contributed by atoms with Crippen LogP contribution in [0.25, 0.3) is 0 Å². The molecule has 2 aliphatic heterocycles. The lowest BCUT2D eigenvalue weighted by Crippen LogP contribution is -2.53. The van der Waals surface area contributed by atoms with Gasteiger partial charge in [0.05, 0.1) is 23.3 Å². The van der Waals surface area contributed by atoms with Crippen LogP contribution in [0.15, 0.2) is 60.8 Å². The molecule has 2 aliphatic rings. The number of pyridine rings is 1. The number of rotatable bonds is 8. The number of anilines is 1. The number of hydrogen-bond donors (Lipinski definition) is 1. The molecule has 0 saturated carbocycles. The molecule has 42 heavy (non-hydrogen) atoms. The van der Waals surface area contributed by atoms with Crippen LogP contribution in [0.2, 0.25) is 5.02 Å². The average molecular weight is 604 g/mol. The molecule has 226 valence electrons. The normalized spacial score (nSPS) is 17.3. The topological polar surface area (TPSA) is 60.9 Å². The molecule has 3 heterocycles. The number of amides is 1. The fourth-order valence-corrected chi connectivity index (χ4v) is 5.90. The maximum Gasteiger partial charge on any atom is 0.416 e. The van der Waals surface area contributed by atoms with E-state index in [2.05, 4.69) is 37.1 Å². The van der Waals surface area contributed by atoms with Crippen LogP contribution in [0.3, 0.4) is 0 Å². The van der Waals surface area contributed by atoms with Crippen LogP contribution in [0.5, 0.6) is 5.75 Å². The fourth-order valence-electron chi connectivity index (χ4n) is 5.61. The lowest BCUT2D eigenvalue weighted by Gasteiger charge is -2.43. The van der Waals surface area contributed by atoms with Crippen LogP contribution < -0.4 is 15.0 Å². The summed E-state index contributed by atoms with van der Waals surface area (Å²) in [6.07, 6.45) is -0.611. The molecule has 11 heteroatoms. The van der Waals surface area contributed by atoms with E-state index in [1.807, 2.05) is 12.1 Å². The zero-order valence-corrected chi connectivity index (χ0v) is 24.3. The molecule has 0 radical (unpaired) electrons. The number of piperidine rings is 1. The van der Waals surface area contributed by atoms with E-state index in [9.17, 15) is 18.0 Å². The molecule has 5 rings (SSSR count). The van der Waals surface area contributed by atoms with Gasteiger partial charge >= 0.3 is 6.18 Å². The van der Waals surface area contributed by atoms with Crippen molar-refractivity contribution in [1.29, 1.82) is 0 Å². The minimum absolute atomic E-state index is 0. The number of carbonyl (C=O) groups excluding carboxylic acids is 1. The van der Waals surface area contributed by atoms with E-state index >= 15 is 0 Å². The van der Waals surface area contributed by atoms with E-state index in [0.29, 0.717) is 28.0 Å². The van der Waals surface area contributed by atoms with E-state index in [1.165, 1.54) is 23.9 Å². The highest BCUT2D eigenvalue weighted by molar-refractivity contribution is 6.33. The van der Waals surface area contributed by atoms with Gasteiger partial charge in [-0.2, -0.15) is 13.2 Å². The SMILES string of the molecule is COc1ccc(CN2CCC(N3CCN(c4ncc(C(=O)NCc5ccc(C(F)(F)F)cc5)cc4Cl)CC3)CC2)cc1.[HH]. The predicted molar refractivity (Wildman–Crippen MR) is 159 cm³/mol. The number of piperazine rings is 1. The molecule has 0 atom stereocenters. The fraction of sp³-hybridized carbons (Fsp3) is 0.419. The molecule has 0 bridgehead atoms. The second-order valence-electron chi connectivity index (χ2n) is 10.8. The van der Waals surface area contributed by atoms with E-state index in [1.54, 1.807) is 13.2 Å². The second-order valence-corrected chi connectivity index (χ2v) is 11.2. The smallest absolute Gasteiger partial charge is 0.416 e. The number of likely N-dealkylation sites (tertiary alicyclic amines) is 1. The van der Waals surface area contributed by atoms with Crippen LogP contribution in [-0.2, 0) is 19.3 Å². The molecule has 0 aliphatic carbocycles. The highest BCUT2D eigenvalue weighted by atomic mass is 35.5. The van der Waals surface area contributed by atoms with Gasteiger partial charge in [0.1, 0.15) is 11.6 Å². The monoisotopic (exact) mass is 603 g/mol. The first-order chi connectivity index (χ1) is 20.2. The molecular weight excluding hydrogens is 567 g/mol. The predicted octanol–water partition coefficient (Wildman–Crippen LogP) is 5.73. The maximum atomic E-state index is 12.8. The van der Waals surface area contributed by atoms with Gasteiger partial charge in [-0.25, -0.2) is 4.98 Å². The number of nitrogens with one attached hydrogen (secondary N) is 1. The van der Waals surface area contributed by atoms with Crippen molar-refractivity contribution in [3.8, 4) is 5.75 Å². The number of ether oxygens (including phenoxy) is 1. The van der Waals surface area contributed by atoms with Gasteiger partial charge in [-0.15, -0.1) is 0 Å². The minimum atomic E-state index is -4.39. The van der Waals surface area contributed by atoms with Crippen molar-refractivity contribution in [3.05, 3.63) is 88.1 Å². The Labute approximate surface area is 250 Å². The van der Waals surface area contributed by atoms with E-state index in [-0.39, 0.29) is 13.9 Å². The molecule has 7 nitrogen and oxygen atoms in total. The van der Waals surface area contributed by atoms with Gasteiger partial charge in [0, 0.05) is 52.9 Å². The summed E-state index contributed by atoms with van der Waals surface area (Å²) < 4.78 is 43.5. The van der Waals surface area contributed by atoms with Crippen molar-refractivity contribution in [2.24, 2.45) is 0 Å². The number of nitrogens with zero attached hydrogens (tertiary/aromatic N) is 4. The zero-order valence-electron chi connectivity index (χ0n) is 23.5. The van der Waals surface area contributed by atoms with Crippen LogP contribution in [0, 0.1) is 0 Å². The number of methoxy groups -OCH3 is 1. The molecule has 2 fully saturated rings. The van der Waals surface area contributed by atoms with Gasteiger partial charge in [-0.1, -0.05) is 35.9 Å². The molecule has 0 unspecified atom stereocenters. The van der Waals surface area contributed by atoms with Crippen molar-refractivity contribution in [2.75, 3.05) is 51.3 Å². The van der Waals surface area contributed by atoms with Gasteiger partial charge in [0.25, 0.3) is 5.91 Å². The Kier molecular flexibility index (Phi) is 9.55. The Morgan fingerprint density at radius 1 is 1.00 bits per heavy atom. The maximum absolute atomic E-state index is 12.8. The lowest BCUT2D eigenvalue weighted by molar-refractivity contribution is -0.137. The summed E-state index contributed by atoms with van der Waals surface area (Å²) in [7, 11) is 1.68. The van der Waals surface area contributed by atoms with Gasteiger partial charge in [0.2, 0.25) is 0 Å². The third-order valence-electron chi connectivity index (χ3n) is 8.07. The first kappa shape index (κ1) is 30.1. The van der Waals surface area contributed by atoms with E-state index < -0.39 is 11.7 Å². The lowest BCUT2D eigenvalue weighted by atomic mass is 10.0. The molecule has 2 aromatic carbocycles. The highest BCUT2D eigenvalue weighted by Gasteiger charge is 2.30. The number of halogens is 4. The van der Waals surface area contributed by atoms with Gasteiger partial charge in [-0.05, 0) is 67.4 Å². The molecule has 3 aromatic rings. The number of alkyl halides is 3. The molecule has 2 saturated heterocycles. The summed E-state index contributed by atoms with van der Waals surface area (Å²) in [5.74, 6) is 1.15. The van der Waals surface area contributed by atoms with Crippen molar-refractivity contribution < 1.29 is 24.1 Å². The highest BCUT2D eigenvalue weighted by Crippen LogP contribution is 2.29. The first-order valence-electron chi connectivity index (χ1n) is 14.1. The van der Waals surface area contributed by atoms with Gasteiger partial charge in [0.15, 0.2) is 0 Å². The molecule has 1 N–H and O–H groups in total. The quantitative estimate of drug-likeness (QED) is 0.355. The second kappa shape index (κ2) is 13.3. The first-order valence-corrected chi connectivity index (χ1v) is 14.5. The Balaban J connectivity index is 0.00000423. The van der Waals surface area contributed by atoms with E-state index in [0.717, 1.165) is 76.5 Å². The summed E-state index contributed by atoms with van der Waals surface area (Å²) in [5.41, 5.74) is 1.44. The summed E-state index contributed by atoms with van der Waals surface area (Å²) >= 11 is 6.55. The van der Waals surface area contributed by atoms with Gasteiger partial charge in [-0.3, -0.25) is 14.6 Å². The van der Waals surface area contributed by atoms with Crippen molar-refractivity contribution in [2.45, 2.75) is 38.1 Å². The standard InChI is InChI=1S/C31H35ClF3N5O2.H2/c1-42-27-8-4-23(5-9-27)21-38-12-10-26(11-13-38)39-14-16-40(17-15-39)29-28(32)18-24(20-36-29)30(41)37-19-22-2-6-25(7-3-22)31(33,34)35;/h2-9,18,20,26H,10-17,19,21H2,1H3,(H,37,41);1H. The van der Waals surface area contributed by atoms with Crippen LogP contribution in [0.4, 0.5) is 19.0 Å². The zero-order chi connectivity index (χ0) is 29.7. The van der Waals surface area contributed by atoms with Crippen molar-refractivity contribution >= 4 is 23.3 Å². The third kappa shape index (κ3) is 7.53. The van der Waals surface area contributed by atoms with Crippen LogP contribution in [-0.4, -0.2) is 73.1 Å². The van der Waals surface area contributed by atoms with Gasteiger partial charge < -0.3 is 15.0 Å². The number of aromatic nitrogens is 1. The summed E-state index contributed by atoms with van der Waals surface area (Å²) in [5, 5.41) is 3.12. The summed E-state index contributed by atoms with van der Waals surface area (Å²) in [4.78, 5) is 24.4. The average Bonchev–Trinajstić information content (AvgIpc) is 3.00.